The van der Waals surface area contributed by atoms with Crippen LogP contribution >= 0.6 is 0 Å². The molecular weight excluding hydrogens is 342 g/mol. The van der Waals surface area contributed by atoms with Crippen LogP contribution in [0.4, 0.5) is 0 Å². The van der Waals surface area contributed by atoms with E-state index in [0.717, 1.165) is 16.9 Å². The average molecular weight is 363 g/mol. The van der Waals surface area contributed by atoms with Crippen molar-refractivity contribution in [1.82, 2.24) is 15.1 Å². The quantitative estimate of drug-likeness (QED) is 0.724. The van der Waals surface area contributed by atoms with Gasteiger partial charge in [-0.3, -0.25) is 9.89 Å². The Morgan fingerprint density at radius 1 is 1.19 bits per heavy atom. The minimum Gasteiger partial charge on any atom is -0.507 e. The second-order valence-electron chi connectivity index (χ2n) is 6.38. The van der Waals surface area contributed by atoms with E-state index in [1.54, 1.807) is 23.1 Å². The SMILES string of the molecule is CCOc1cccc([C@@H]2c3c(-c4ccccc4O)n[nH]c3C(=O)N2CC)c1. The number of phenolic OH excluding ortho intramolecular Hbond substituents is 1. The van der Waals surface area contributed by atoms with Crippen LogP contribution in [0.2, 0.25) is 0 Å². The van der Waals surface area contributed by atoms with Gasteiger partial charge < -0.3 is 14.7 Å². The molecule has 6 nitrogen and oxygen atoms in total. The maximum Gasteiger partial charge on any atom is 0.273 e. The number of amides is 1. The summed E-state index contributed by atoms with van der Waals surface area (Å²) in [4.78, 5) is 14.7. The van der Waals surface area contributed by atoms with Crippen molar-refractivity contribution in [2.75, 3.05) is 13.2 Å². The number of ether oxygens (including phenoxy) is 1. The second-order valence-corrected chi connectivity index (χ2v) is 6.38. The van der Waals surface area contributed by atoms with Crippen molar-refractivity contribution in [2.24, 2.45) is 0 Å². The zero-order valence-corrected chi connectivity index (χ0v) is 15.3. The molecule has 0 fully saturated rings. The van der Waals surface area contributed by atoms with Gasteiger partial charge in [-0.25, -0.2) is 0 Å². The van der Waals surface area contributed by atoms with Gasteiger partial charge in [0.05, 0.1) is 12.6 Å². The van der Waals surface area contributed by atoms with E-state index in [0.29, 0.717) is 30.1 Å². The fourth-order valence-corrected chi connectivity index (χ4v) is 3.69. The van der Waals surface area contributed by atoms with Gasteiger partial charge in [0.25, 0.3) is 5.91 Å². The highest BCUT2D eigenvalue weighted by Crippen LogP contribution is 2.44. The Bertz CT molecular complexity index is 996. The largest absolute Gasteiger partial charge is 0.507 e. The minimum atomic E-state index is -0.286. The third-order valence-corrected chi connectivity index (χ3v) is 4.85. The molecule has 2 aromatic carbocycles. The normalized spacial score (nSPS) is 15.9. The van der Waals surface area contributed by atoms with Gasteiger partial charge >= 0.3 is 0 Å². The van der Waals surface area contributed by atoms with E-state index < -0.39 is 0 Å². The number of aromatic hydroxyl groups is 1. The van der Waals surface area contributed by atoms with Crippen molar-refractivity contribution >= 4 is 5.91 Å². The van der Waals surface area contributed by atoms with Crippen LogP contribution in [0.5, 0.6) is 11.5 Å². The Kier molecular flexibility index (Phi) is 4.32. The number of nitrogens with zero attached hydrogens (tertiary/aromatic N) is 2. The first-order valence-corrected chi connectivity index (χ1v) is 9.06. The third-order valence-electron chi connectivity index (χ3n) is 4.85. The van der Waals surface area contributed by atoms with Crippen LogP contribution in [0.1, 0.15) is 41.5 Å². The molecule has 1 aliphatic heterocycles. The number of rotatable bonds is 5. The number of aromatic amines is 1. The molecule has 1 aromatic heterocycles. The summed E-state index contributed by atoms with van der Waals surface area (Å²) in [5.41, 5.74) is 3.41. The van der Waals surface area contributed by atoms with Crippen LogP contribution in [-0.4, -0.2) is 39.3 Å². The molecule has 3 aromatic rings. The van der Waals surface area contributed by atoms with E-state index in [1.165, 1.54) is 0 Å². The number of nitrogens with one attached hydrogen (secondary N) is 1. The minimum absolute atomic E-state index is 0.0894. The Balaban J connectivity index is 1.89. The first-order chi connectivity index (χ1) is 13.2. The summed E-state index contributed by atoms with van der Waals surface area (Å²) in [5, 5.41) is 17.5. The van der Waals surface area contributed by atoms with Crippen molar-refractivity contribution in [1.29, 1.82) is 0 Å². The summed E-state index contributed by atoms with van der Waals surface area (Å²) in [6.07, 6.45) is 0. The average Bonchev–Trinajstić information content (AvgIpc) is 3.21. The molecule has 0 aliphatic carbocycles. The van der Waals surface area contributed by atoms with Crippen LogP contribution in [0.15, 0.2) is 48.5 Å². The molecule has 0 bridgehead atoms. The fourth-order valence-electron chi connectivity index (χ4n) is 3.69. The highest BCUT2D eigenvalue weighted by atomic mass is 16.5. The summed E-state index contributed by atoms with van der Waals surface area (Å²) in [5.74, 6) is 0.809. The monoisotopic (exact) mass is 363 g/mol. The lowest BCUT2D eigenvalue weighted by atomic mass is 9.95. The lowest BCUT2D eigenvalue weighted by Crippen LogP contribution is -2.29. The Morgan fingerprint density at radius 3 is 2.74 bits per heavy atom. The predicted molar refractivity (Wildman–Crippen MR) is 102 cm³/mol. The first kappa shape index (κ1) is 17.1. The van der Waals surface area contributed by atoms with E-state index in [-0.39, 0.29) is 17.7 Å². The van der Waals surface area contributed by atoms with Crippen molar-refractivity contribution in [3.05, 3.63) is 65.4 Å². The van der Waals surface area contributed by atoms with Gasteiger partial charge in [0.15, 0.2) is 0 Å². The smallest absolute Gasteiger partial charge is 0.273 e. The molecule has 1 aliphatic rings. The molecule has 2 heterocycles. The van der Waals surface area contributed by atoms with E-state index >= 15 is 0 Å². The van der Waals surface area contributed by atoms with Gasteiger partial charge in [-0.1, -0.05) is 24.3 Å². The Labute approximate surface area is 157 Å². The number of carbonyl (C=O) groups excluding carboxylic acids is 1. The summed E-state index contributed by atoms with van der Waals surface area (Å²) >= 11 is 0. The molecule has 2 N–H and O–H groups in total. The summed E-state index contributed by atoms with van der Waals surface area (Å²) in [6, 6.07) is 14.5. The summed E-state index contributed by atoms with van der Waals surface area (Å²) in [7, 11) is 0. The van der Waals surface area contributed by atoms with Crippen LogP contribution in [-0.2, 0) is 0 Å². The standard InChI is InChI=1S/C21H21N3O3/c1-3-24-20(13-8-7-9-14(12-13)27-4-2)17-18(22-23-19(17)21(24)26)15-10-5-6-11-16(15)25/h5-12,20,25H,3-4H2,1-2H3,(H,22,23)/t20-/m1/s1. The number of aromatic nitrogens is 2. The fraction of sp³-hybridized carbons (Fsp3) is 0.238. The van der Waals surface area contributed by atoms with Crippen LogP contribution < -0.4 is 4.74 Å². The van der Waals surface area contributed by atoms with Gasteiger partial charge in [0.2, 0.25) is 0 Å². The lowest BCUT2D eigenvalue weighted by Gasteiger charge is -2.25. The Hall–Kier alpha value is -3.28. The van der Waals surface area contributed by atoms with Gasteiger partial charge in [-0.2, -0.15) is 5.10 Å². The van der Waals surface area contributed by atoms with Crippen LogP contribution in [0.3, 0.4) is 0 Å². The lowest BCUT2D eigenvalue weighted by molar-refractivity contribution is 0.0753. The number of hydrogen-bond donors (Lipinski definition) is 2. The molecule has 0 saturated heterocycles. The molecule has 1 atom stereocenters. The number of carbonyl (C=O) groups is 1. The first-order valence-electron chi connectivity index (χ1n) is 9.06. The third kappa shape index (κ3) is 2.73. The highest BCUT2D eigenvalue weighted by molar-refractivity contribution is 6.00. The number of H-pyrrole nitrogens is 1. The molecule has 0 radical (unpaired) electrons. The molecule has 1 amide bonds. The zero-order valence-electron chi connectivity index (χ0n) is 15.3. The van der Waals surface area contributed by atoms with Gasteiger partial charge in [0, 0.05) is 17.7 Å². The topological polar surface area (TPSA) is 78.5 Å². The zero-order chi connectivity index (χ0) is 19.0. The summed E-state index contributed by atoms with van der Waals surface area (Å²) in [6.45, 7) is 5.03. The van der Waals surface area contributed by atoms with Crippen molar-refractivity contribution in [3.8, 4) is 22.8 Å². The molecule has 4 rings (SSSR count). The van der Waals surface area contributed by atoms with E-state index in [1.807, 2.05) is 44.2 Å². The van der Waals surface area contributed by atoms with E-state index in [4.69, 9.17) is 4.74 Å². The second kappa shape index (κ2) is 6.79. The number of phenols is 1. The van der Waals surface area contributed by atoms with Gasteiger partial charge in [-0.15, -0.1) is 0 Å². The molecule has 27 heavy (non-hydrogen) atoms. The number of hydrogen-bond acceptors (Lipinski definition) is 4. The maximum atomic E-state index is 12.9. The molecular formula is C21H21N3O3. The predicted octanol–water partition coefficient (Wildman–Crippen LogP) is 3.75. The van der Waals surface area contributed by atoms with Gasteiger partial charge in [0.1, 0.15) is 22.9 Å². The Morgan fingerprint density at radius 2 is 2.00 bits per heavy atom. The molecule has 0 unspecified atom stereocenters. The van der Waals surface area contributed by atoms with Crippen LogP contribution in [0.25, 0.3) is 11.3 Å². The molecule has 138 valence electrons. The van der Waals surface area contributed by atoms with E-state index in [2.05, 4.69) is 10.2 Å². The van der Waals surface area contributed by atoms with Crippen molar-refractivity contribution < 1.29 is 14.6 Å². The molecule has 0 saturated carbocycles. The van der Waals surface area contributed by atoms with E-state index in [9.17, 15) is 9.90 Å². The molecule has 6 heteroatoms. The number of fused-ring (bicyclic) bond motifs is 1. The number of benzene rings is 2. The maximum absolute atomic E-state index is 12.9. The van der Waals surface area contributed by atoms with Crippen molar-refractivity contribution in [2.45, 2.75) is 19.9 Å². The van der Waals surface area contributed by atoms with Crippen molar-refractivity contribution in [3.63, 3.8) is 0 Å². The van der Waals surface area contributed by atoms with Crippen LogP contribution in [0, 0.1) is 0 Å². The molecule has 0 spiro atoms. The summed E-state index contributed by atoms with van der Waals surface area (Å²) < 4.78 is 5.64. The van der Waals surface area contributed by atoms with Gasteiger partial charge in [-0.05, 0) is 43.7 Å². The number of para-hydroxylation sites is 1. The highest BCUT2D eigenvalue weighted by Gasteiger charge is 2.41.